The molecule has 1 aromatic heterocycles. The Balaban J connectivity index is 1.26. The van der Waals surface area contributed by atoms with E-state index in [4.69, 9.17) is 0 Å². The van der Waals surface area contributed by atoms with Gasteiger partial charge in [-0.05, 0) is 36.6 Å². The number of piperidine rings is 1. The number of nitrogens with zero attached hydrogens (tertiary/aromatic N) is 2. The van der Waals surface area contributed by atoms with Crippen molar-refractivity contribution < 1.29 is 4.79 Å². The Morgan fingerprint density at radius 1 is 0.844 bits per heavy atom. The van der Waals surface area contributed by atoms with Crippen LogP contribution in [0, 0.1) is 6.67 Å². The monoisotopic (exact) mass is 421 g/mol. The molecule has 0 saturated carbocycles. The van der Waals surface area contributed by atoms with Gasteiger partial charge in [0.2, 0.25) is 0 Å². The molecule has 6 rings (SSSR count). The smallest absolute Gasteiger partial charge is 0.270 e. The molecule has 0 atom stereocenters. The molecule has 0 spiro atoms. The van der Waals surface area contributed by atoms with Gasteiger partial charge in [0, 0.05) is 35.6 Å². The number of fused-ring (bicyclic) bond motifs is 2. The average molecular weight is 422 g/mol. The zero-order chi connectivity index (χ0) is 21.5. The van der Waals surface area contributed by atoms with E-state index >= 15 is 0 Å². The Morgan fingerprint density at radius 3 is 2.41 bits per heavy atom. The van der Waals surface area contributed by atoms with E-state index in [1.165, 1.54) is 5.69 Å². The highest BCUT2D eigenvalue weighted by atomic mass is 16.2. The fourth-order valence-corrected chi connectivity index (χ4v) is 5.04. The van der Waals surface area contributed by atoms with Gasteiger partial charge >= 0.3 is 0 Å². The Labute approximate surface area is 187 Å². The Hall–Kier alpha value is -3.73. The van der Waals surface area contributed by atoms with Gasteiger partial charge in [0.15, 0.2) is 0 Å². The number of benzene rings is 3. The van der Waals surface area contributed by atoms with Gasteiger partial charge in [-0.25, -0.2) is 0 Å². The minimum atomic E-state index is 0.0856. The molecule has 0 bridgehead atoms. The van der Waals surface area contributed by atoms with Gasteiger partial charge in [-0.2, -0.15) is 0 Å². The molecule has 3 aromatic carbocycles. The largest absolute Gasteiger partial charge is 0.360 e. The van der Waals surface area contributed by atoms with E-state index in [-0.39, 0.29) is 5.91 Å². The molecule has 1 amide bonds. The van der Waals surface area contributed by atoms with Crippen LogP contribution in [0.25, 0.3) is 22.0 Å². The zero-order valence-electron chi connectivity index (χ0n) is 17.8. The number of aromatic amines is 1. The number of carbonyl (C=O) groups is 1. The normalized spacial score (nSPS) is 16.2. The quantitative estimate of drug-likeness (QED) is 0.460. The summed E-state index contributed by atoms with van der Waals surface area (Å²) in [6.45, 7) is 3.57. The maximum atomic E-state index is 13.7. The van der Waals surface area contributed by atoms with Crippen LogP contribution in [-0.4, -0.2) is 34.9 Å². The molecule has 0 aliphatic carbocycles. The molecule has 1 radical (unpaired) electrons. The number of hydrogen-bond acceptors (Lipinski definition) is 3. The lowest BCUT2D eigenvalue weighted by molar-refractivity contribution is 0.0709. The summed E-state index contributed by atoms with van der Waals surface area (Å²) >= 11 is 0. The summed E-state index contributed by atoms with van der Waals surface area (Å²) in [6.07, 6.45) is 1.89. The van der Waals surface area contributed by atoms with Crippen LogP contribution in [0.5, 0.6) is 0 Å². The van der Waals surface area contributed by atoms with E-state index in [1.807, 2.05) is 41.3 Å². The number of para-hydroxylation sites is 3. The van der Waals surface area contributed by atoms with Crippen LogP contribution in [-0.2, 0) is 0 Å². The summed E-state index contributed by atoms with van der Waals surface area (Å²) in [4.78, 5) is 21.4. The molecule has 0 unspecified atom stereocenters. The van der Waals surface area contributed by atoms with Crippen LogP contribution in [0.15, 0.2) is 78.9 Å². The number of nitrogens with one attached hydrogen (secondary N) is 2. The van der Waals surface area contributed by atoms with E-state index < -0.39 is 0 Å². The second-order valence-electron chi connectivity index (χ2n) is 8.51. The first-order valence-corrected chi connectivity index (χ1v) is 11.2. The third-order valence-corrected chi connectivity index (χ3v) is 6.67. The molecular formula is C27H25N4O. The van der Waals surface area contributed by atoms with Crippen molar-refractivity contribution in [1.82, 2.24) is 9.88 Å². The molecule has 2 aliphatic rings. The first-order valence-electron chi connectivity index (χ1n) is 11.2. The highest BCUT2D eigenvalue weighted by molar-refractivity contribution is 6.09. The molecule has 3 heterocycles. The van der Waals surface area contributed by atoms with Crippen molar-refractivity contribution >= 4 is 28.2 Å². The molecule has 1 saturated heterocycles. The molecule has 4 aromatic rings. The van der Waals surface area contributed by atoms with Gasteiger partial charge in [-0.3, -0.25) is 4.79 Å². The van der Waals surface area contributed by atoms with Gasteiger partial charge in [-0.1, -0.05) is 60.7 Å². The molecule has 5 nitrogen and oxygen atoms in total. The summed E-state index contributed by atoms with van der Waals surface area (Å²) in [5.74, 6) is 0.0856. The number of carbonyl (C=O) groups excluding carboxylic acids is 1. The molecule has 2 aliphatic heterocycles. The van der Waals surface area contributed by atoms with Crippen LogP contribution in [0.2, 0.25) is 0 Å². The topological polar surface area (TPSA) is 51.4 Å². The maximum Gasteiger partial charge on any atom is 0.270 e. The summed E-state index contributed by atoms with van der Waals surface area (Å²) in [5, 5.41) is 4.45. The standard InChI is InChI=1S/C27H25N4O/c32-27(26-25(19-8-2-1-3-9-19)21-10-4-5-11-22(21)29-26)30-16-14-20(15-17-30)31-18-28-23-12-6-7-13-24(23)31/h1-13,18,20,28-29H,14-17H2. The first kappa shape index (κ1) is 19.0. The first-order chi connectivity index (χ1) is 15.8. The second-order valence-corrected chi connectivity index (χ2v) is 8.51. The van der Waals surface area contributed by atoms with E-state index in [2.05, 4.69) is 64.3 Å². The van der Waals surface area contributed by atoms with Crippen molar-refractivity contribution in [3.05, 3.63) is 91.2 Å². The SMILES string of the molecule is O=C(c1[nH]c2ccccc2c1-c1ccccc1)N1CCC(N2[CH]Nc3ccccc32)CC1. The van der Waals surface area contributed by atoms with Crippen molar-refractivity contribution in [3.63, 3.8) is 0 Å². The predicted molar refractivity (Wildman–Crippen MR) is 130 cm³/mol. The van der Waals surface area contributed by atoms with Crippen LogP contribution in [0.3, 0.4) is 0 Å². The summed E-state index contributed by atoms with van der Waals surface area (Å²) < 4.78 is 0. The van der Waals surface area contributed by atoms with Crippen molar-refractivity contribution in [2.45, 2.75) is 18.9 Å². The average Bonchev–Trinajstić information content (AvgIpc) is 3.46. The number of rotatable bonds is 3. The van der Waals surface area contributed by atoms with Crippen LogP contribution >= 0.6 is 0 Å². The van der Waals surface area contributed by atoms with E-state index in [1.54, 1.807) is 0 Å². The molecule has 32 heavy (non-hydrogen) atoms. The number of anilines is 2. The predicted octanol–water partition coefficient (Wildman–Crippen LogP) is 5.49. The lowest BCUT2D eigenvalue weighted by Crippen LogP contribution is -2.45. The summed E-state index contributed by atoms with van der Waals surface area (Å²) in [5.41, 5.74) is 6.13. The number of hydrogen-bond donors (Lipinski definition) is 2. The molecule has 5 heteroatoms. The van der Waals surface area contributed by atoms with Gasteiger partial charge in [-0.15, -0.1) is 0 Å². The highest BCUT2D eigenvalue weighted by Crippen LogP contribution is 2.37. The summed E-state index contributed by atoms with van der Waals surface area (Å²) in [6, 6.07) is 27.1. The second kappa shape index (κ2) is 7.75. The maximum absolute atomic E-state index is 13.7. The van der Waals surface area contributed by atoms with E-state index in [9.17, 15) is 4.79 Å². The van der Waals surface area contributed by atoms with Gasteiger partial charge in [0.25, 0.3) is 5.91 Å². The Bertz CT molecular complexity index is 1270. The van der Waals surface area contributed by atoms with Crippen molar-refractivity contribution in [1.29, 1.82) is 0 Å². The highest BCUT2D eigenvalue weighted by Gasteiger charge is 2.32. The zero-order valence-corrected chi connectivity index (χ0v) is 17.8. The number of likely N-dealkylation sites (tertiary alicyclic amines) is 1. The van der Waals surface area contributed by atoms with Crippen molar-refractivity contribution in [3.8, 4) is 11.1 Å². The van der Waals surface area contributed by atoms with Gasteiger partial charge in [0.05, 0.1) is 11.4 Å². The van der Waals surface area contributed by atoms with Crippen molar-refractivity contribution in [2.24, 2.45) is 0 Å². The minimum absolute atomic E-state index is 0.0856. The lowest BCUT2D eigenvalue weighted by Gasteiger charge is -2.37. The van der Waals surface area contributed by atoms with Crippen LogP contribution in [0.1, 0.15) is 23.3 Å². The fraction of sp³-hybridized carbons (Fsp3) is 0.185. The number of aromatic nitrogens is 1. The van der Waals surface area contributed by atoms with Crippen LogP contribution < -0.4 is 10.2 Å². The molecule has 159 valence electrons. The van der Waals surface area contributed by atoms with Crippen LogP contribution in [0.4, 0.5) is 11.4 Å². The lowest BCUT2D eigenvalue weighted by atomic mass is 9.99. The third-order valence-electron chi connectivity index (χ3n) is 6.67. The molecule has 1 fully saturated rings. The minimum Gasteiger partial charge on any atom is -0.360 e. The molecule has 2 N–H and O–H groups in total. The molecular weight excluding hydrogens is 396 g/mol. The Morgan fingerprint density at radius 2 is 1.56 bits per heavy atom. The van der Waals surface area contributed by atoms with Gasteiger partial charge in [0.1, 0.15) is 12.4 Å². The van der Waals surface area contributed by atoms with E-state index in [0.29, 0.717) is 11.7 Å². The Kier molecular flexibility index (Phi) is 4.60. The summed E-state index contributed by atoms with van der Waals surface area (Å²) in [7, 11) is 0. The number of H-pyrrole nitrogens is 1. The van der Waals surface area contributed by atoms with E-state index in [0.717, 1.165) is 53.6 Å². The fourth-order valence-electron chi connectivity index (χ4n) is 5.04. The van der Waals surface area contributed by atoms with Gasteiger partial charge < -0.3 is 20.1 Å². The number of amides is 1. The van der Waals surface area contributed by atoms with Crippen molar-refractivity contribution in [2.75, 3.05) is 23.3 Å². The third kappa shape index (κ3) is 3.12.